The summed E-state index contributed by atoms with van der Waals surface area (Å²) in [6, 6.07) is 23.6. The molecule has 0 heterocycles. The Hall–Kier alpha value is -2.25. The van der Waals surface area contributed by atoms with E-state index in [1.807, 2.05) is 24.3 Å². The molecule has 1 fully saturated rings. The molecule has 0 spiro atoms. The van der Waals surface area contributed by atoms with Crippen LogP contribution in [0, 0.1) is 11.8 Å². The zero-order valence-corrected chi connectivity index (χ0v) is 20.4. The van der Waals surface area contributed by atoms with E-state index >= 15 is 0 Å². The molecule has 0 aliphatic heterocycles. The van der Waals surface area contributed by atoms with E-state index in [1.54, 1.807) is 7.11 Å². The van der Waals surface area contributed by atoms with Gasteiger partial charge in [-0.1, -0.05) is 93.6 Å². The first-order chi connectivity index (χ1) is 15.6. The summed E-state index contributed by atoms with van der Waals surface area (Å²) in [6.45, 7) is 4.74. The lowest BCUT2D eigenvalue weighted by Gasteiger charge is -2.33. The lowest BCUT2D eigenvalue weighted by molar-refractivity contribution is 0.239. The van der Waals surface area contributed by atoms with Crippen molar-refractivity contribution < 1.29 is 4.74 Å². The van der Waals surface area contributed by atoms with Crippen molar-refractivity contribution in [2.24, 2.45) is 11.8 Å². The van der Waals surface area contributed by atoms with Crippen LogP contribution >= 0.6 is 11.6 Å². The number of methoxy groups -OCH3 is 1. The number of hydrogen-bond acceptors (Lipinski definition) is 1. The molecular formula is C30H35ClO. The van der Waals surface area contributed by atoms with E-state index in [-0.39, 0.29) is 0 Å². The SMILES string of the molecule is CCCC1CCC(C(C)c2ccc(-c3cccc(Cl)c3)c(-c3ccc(OC)cc3)c2)CC1. The predicted molar refractivity (Wildman–Crippen MR) is 138 cm³/mol. The summed E-state index contributed by atoms with van der Waals surface area (Å²) in [6.07, 6.45) is 8.24. The molecule has 1 saturated carbocycles. The third kappa shape index (κ3) is 5.21. The average molecular weight is 447 g/mol. The van der Waals surface area contributed by atoms with E-state index in [9.17, 15) is 0 Å². The fraction of sp³-hybridized carbons (Fsp3) is 0.400. The van der Waals surface area contributed by atoms with Gasteiger partial charge in [0.15, 0.2) is 0 Å². The average Bonchev–Trinajstić information content (AvgIpc) is 2.84. The molecule has 0 saturated heterocycles. The smallest absolute Gasteiger partial charge is 0.118 e. The van der Waals surface area contributed by atoms with Gasteiger partial charge in [0, 0.05) is 5.02 Å². The third-order valence-electron chi connectivity index (χ3n) is 7.40. The molecule has 32 heavy (non-hydrogen) atoms. The van der Waals surface area contributed by atoms with Gasteiger partial charge in [0.2, 0.25) is 0 Å². The van der Waals surface area contributed by atoms with Crippen molar-refractivity contribution >= 4 is 11.6 Å². The van der Waals surface area contributed by atoms with Crippen molar-refractivity contribution in [3.63, 3.8) is 0 Å². The van der Waals surface area contributed by atoms with Gasteiger partial charge in [-0.15, -0.1) is 0 Å². The first-order valence-corrected chi connectivity index (χ1v) is 12.5. The topological polar surface area (TPSA) is 9.23 Å². The Bertz CT molecular complexity index is 1020. The summed E-state index contributed by atoms with van der Waals surface area (Å²) in [7, 11) is 1.71. The van der Waals surface area contributed by atoms with E-state index in [0.717, 1.165) is 28.2 Å². The molecule has 3 aromatic rings. The van der Waals surface area contributed by atoms with E-state index < -0.39 is 0 Å². The number of halogens is 1. The molecule has 1 nitrogen and oxygen atoms in total. The summed E-state index contributed by atoms with van der Waals surface area (Å²) in [4.78, 5) is 0. The molecule has 1 aliphatic rings. The predicted octanol–water partition coefficient (Wildman–Crippen LogP) is 9.39. The van der Waals surface area contributed by atoms with Crippen LogP contribution in [0.3, 0.4) is 0 Å². The minimum absolute atomic E-state index is 0.572. The quantitative estimate of drug-likeness (QED) is 0.351. The fourth-order valence-electron chi connectivity index (χ4n) is 5.42. The zero-order chi connectivity index (χ0) is 22.5. The maximum Gasteiger partial charge on any atom is 0.118 e. The highest BCUT2D eigenvalue weighted by atomic mass is 35.5. The van der Waals surface area contributed by atoms with Gasteiger partial charge in [-0.25, -0.2) is 0 Å². The van der Waals surface area contributed by atoms with Crippen molar-refractivity contribution in [3.8, 4) is 28.0 Å². The van der Waals surface area contributed by atoms with Gasteiger partial charge >= 0.3 is 0 Å². The second-order valence-electron chi connectivity index (χ2n) is 9.40. The molecule has 4 rings (SSSR count). The maximum absolute atomic E-state index is 6.33. The van der Waals surface area contributed by atoms with Crippen molar-refractivity contribution in [2.45, 2.75) is 58.3 Å². The van der Waals surface area contributed by atoms with Crippen LogP contribution in [0.4, 0.5) is 0 Å². The van der Waals surface area contributed by atoms with Crippen molar-refractivity contribution in [1.29, 1.82) is 0 Å². The first-order valence-electron chi connectivity index (χ1n) is 12.1. The van der Waals surface area contributed by atoms with Gasteiger partial charge in [0.25, 0.3) is 0 Å². The highest BCUT2D eigenvalue weighted by molar-refractivity contribution is 6.30. The summed E-state index contributed by atoms with van der Waals surface area (Å²) < 4.78 is 5.39. The number of hydrogen-bond donors (Lipinski definition) is 0. The Labute approximate surface area is 198 Å². The van der Waals surface area contributed by atoms with Crippen LogP contribution in [0.25, 0.3) is 22.3 Å². The number of rotatable bonds is 7. The molecule has 168 valence electrons. The summed E-state index contributed by atoms with van der Waals surface area (Å²) in [5.74, 6) is 3.18. The highest BCUT2D eigenvalue weighted by Crippen LogP contribution is 2.42. The second-order valence-corrected chi connectivity index (χ2v) is 9.84. The van der Waals surface area contributed by atoms with Crippen LogP contribution in [0.1, 0.15) is 63.9 Å². The van der Waals surface area contributed by atoms with Gasteiger partial charge in [-0.3, -0.25) is 0 Å². The Kier molecular flexibility index (Phi) is 7.58. The van der Waals surface area contributed by atoms with Crippen LogP contribution in [0.5, 0.6) is 5.75 Å². The normalized spacial score (nSPS) is 19.5. The first kappa shape index (κ1) is 22.9. The molecular weight excluding hydrogens is 412 g/mol. The monoisotopic (exact) mass is 446 g/mol. The van der Waals surface area contributed by atoms with Crippen molar-refractivity contribution in [3.05, 3.63) is 77.3 Å². The van der Waals surface area contributed by atoms with E-state index in [0.29, 0.717) is 5.92 Å². The molecule has 1 atom stereocenters. The second kappa shape index (κ2) is 10.6. The van der Waals surface area contributed by atoms with Crippen LogP contribution in [0.15, 0.2) is 66.7 Å². The minimum Gasteiger partial charge on any atom is -0.497 e. The molecule has 0 radical (unpaired) electrons. The fourth-order valence-corrected chi connectivity index (χ4v) is 5.61. The molecule has 0 aromatic heterocycles. The van der Waals surface area contributed by atoms with Gasteiger partial charge in [0.05, 0.1) is 7.11 Å². The van der Waals surface area contributed by atoms with Gasteiger partial charge in [-0.05, 0) is 82.7 Å². The largest absolute Gasteiger partial charge is 0.497 e. The number of ether oxygens (including phenoxy) is 1. The Morgan fingerprint density at radius 3 is 2.28 bits per heavy atom. The molecule has 1 unspecified atom stereocenters. The van der Waals surface area contributed by atoms with Gasteiger partial charge in [-0.2, -0.15) is 0 Å². The highest BCUT2D eigenvalue weighted by Gasteiger charge is 2.26. The van der Waals surface area contributed by atoms with Crippen LogP contribution < -0.4 is 4.74 Å². The van der Waals surface area contributed by atoms with Crippen LogP contribution in [-0.2, 0) is 0 Å². The molecule has 0 amide bonds. The summed E-state index contributed by atoms with van der Waals surface area (Å²) in [5, 5.41) is 0.768. The Balaban J connectivity index is 1.67. The van der Waals surface area contributed by atoms with Crippen LogP contribution in [-0.4, -0.2) is 7.11 Å². The Morgan fingerprint density at radius 2 is 1.62 bits per heavy atom. The lowest BCUT2D eigenvalue weighted by Crippen LogP contribution is -2.19. The number of benzene rings is 3. The molecule has 0 N–H and O–H groups in total. The Morgan fingerprint density at radius 1 is 0.875 bits per heavy atom. The van der Waals surface area contributed by atoms with Gasteiger partial charge in [0.1, 0.15) is 5.75 Å². The third-order valence-corrected chi connectivity index (χ3v) is 7.64. The van der Waals surface area contributed by atoms with Crippen molar-refractivity contribution in [1.82, 2.24) is 0 Å². The van der Waals surface area contributed by atoms with Crippen molar-refractivity contribution in [2.75, 3.05) is 7.11 Å². The van der Waals surface area contributed by atoms with E-state index in [1.165, 1.54) is 60.8 Å². The van der Waals surface area contributed by atoms with E-state index in [2.05, 4.69) is 56.3 Å². The minimum atomic E-state index is 0.572. The molecule has 2 heteroatoms. The summed E-state index contributed by atoms with van der Waals surface area (Å²) in [5.41, 5.74) is 6.30. The summed E-state index contributed by atoms with van der Waals surface area (Å²) >= 11 is 6.33. The van der Waals surface area contributed by atoms with Crippen LogP contribution in [0.2, 0.25) is 5.02 Å². The van der Waals surface area contributed by atoms with Gasteiger partial charge < -0.3 is 4.74 Å². The molecule has 1 aliphatic carbocycles. The van der Waals surface area contributed by atoms with E-state index in [4.69, 9.17) is 16.3 Å². The standard InChI is InChI=1S/C30H35ClO/c1-4-6-22-9-11-23(12-10-22)21(2)25-15-18-29(26-7-5-8-27(31)19-26)30(20-25)24-13-16-28(32-3)17-14-24/h5,7-8,13-23H,4,6,9-12H2,1-3H3. The molecule has 0 bridgehead atoms. The lowest BCUT2D eigenvalue weighted by atomic mass is 9.73. The maximum atomic E-state index is 6.33. The zero-order valence-electron chi connectivity index (χ0n) is 19.6. The molecule has 3 aromatic carbocycles.